The first-order chi connectivity index (χ1) is 33.5. The molecular formula is C53H63N3O15. The van der Waals surface area contributed by atoms with Crippen LogP contribution in [0.2, 0.25) is 0 Å². The van der Waals surface area contributed by atoms with Crippen molar-refractivity contribution in [1.29, 1.82) is 0 Å². The van der Waals surface area contributed by atoms with E-state index in [-0.39, 0.29) is 41.3 Å². The van der Waals surface area contributed by atoms with Gasteiger partial charge in [-0.2, -0.15) is 0 Å². The summed E-state index contributed by atoms with van der Waals surface area (Å²) in [5.41, 5.74) is -7.02. The Hall–Kier alpha value is -6.47. The van der Waals surface area contributed by atoms with Crippen molar-refractivity contribution < 1.29 is 72.6 Å². The number of aliphatic hydroxyl groups is 3. The van der Waals surface area contributed by atoms with Gasteiger partial charge in [0.1, 0.15) is 23.9 Å². The lowest BCUT2D eigenvalue weighted by molar-refractivity contribution is -0.346. The quantitative estimate of drug-likeness (QED) is 0.127. The van der Waals surface area contributed by atoms with Crippen molar-refractivity contribution in [3.63, 3.8) is 0 Å². The fraction of sp³-hybridized carbons (Fsp3) is 0.491. The SMILES string of the molecule is CC(=O)O[C@H]1C(=O)[C@@]2(C)C([C@H](OC(=O)c3ccccc3)[C@]3(O)C[C@H](OC(=O)[C@H](O)[C@@H](NC(=O)c4ccccc4)c4ccccc4)C(C)=C1C3(C)C)[C@]1(OC(C)=O)CO[C@@H]1C[C@@H]2O.CN1CCCN(C)C1=O. The normalized spacial score (nSPS) is 30.5. The van der Waals surface area contributed by atoms with Crippen LogP contribution in [0, 0.1) is 16.7 Å². The molecule has 2 saturated heterocycles. The zero-order valence-corrected chi connectivity index (χ0v) is 41.2. The largest absolute Gasteiger partial charge is 0.456 e. The molecular weight excluding hydrogens is 919 g/mol. The molecule has 3 aromatic carbocycles. The predicted octanol–water partition coefficient (Wildman–Crippen LogP) is 4.11. The number of Topliss-reactive ketones (excluding diaryl/α,β-unsaturated/α-hetero) is 1. The van der Waals surface area contributed by atoms with Gasteiger partial charge >= 0.3 is 29.9 Å². The van der Waals surface area contributed by atoms with E-state index in [4.69, 9.17) is 23.7 Å². The average molecular weight is 982 g/mol. The molecule has 5 aliphatic rings. The standard InChI is InChI=1S/C47H51NO14.C6H12N2O/c1-25-31(60-43(56)36(52)35(28-16-10-7-11-17-28)48-41(54)29-18-12-8-13-19-29)23-47(57)40(61-42(55)30-20-14-9-15-21-30)38-45(6,32(51)22-33-46(38,24-58-33)62-27(3)50)39(53)37(59-26(2)49)34(25)44(47,4)5;1-7-4-3-5-8(2)6(7)9/h7-21,31-33,35-38,40,51-52,57H,22-24H2,1-6H3,(H,48,54);3-5H2,1-2H3/t31-,32-,33+,35-,36+,37+,38?,40-,45+,46-,47+;/m0./s1. The molecule has 3 aromatic rings. The first-order valence-electron chi connectivity index (χ1n) is 23.7. The summed E-state index contributed by atoms with van der Waals surface area (Å²) in [6, 6.07) is 23.1. The number of amides is 3. The van der Waals surface area contributed by atoms with Gasteiger partial charge in [0.2, 0.25) is 0 Å². The molecule has 4 fully saturated rings. The van der Waals surface area contributed by atoms with Gasteiger partial charge in [-0.3, -0.25) is 19.2 Å². The van der Waals surface area contributed by atoms with E-state index in [1.54, 1.807) is 103 Å². The molecule has 2 bridgehead atoms. The van der Waals surface area contributed by atoms with Gasteiger partial charge in [0.05, 0.1) is 35.6 Å². The Balaban J connectivity index is 0.000000741. The molecule has 18 nitrogen and oxygen atoms in total. The van der Waals surface area contributed by atoms with Crippen LogP contribution >= 0.6 is 0 Å². The van der Waals surface area contributed by atoms with Crippen molar-refractivity contribution in [2.75, 3.05) is 33.8 Å². The highest BCUT2D eigenvalue weighted by Gasteiger charge is 2.78. The molecule has 0 radical (unpaired) electrons. The zero-order chi connectivity index (χ0) is 51.8. The second kappa shape index (κ2) is 20.3. The smallest absolute Gasteiger partial charge is 0.338 e. The van der Waals surface area contributed by atoms with Gasteiger partial charge in [-0.05, 0) is 61.2 Å². The summed E-state index contributed by atoms with van der Waals surface area (Å²) in [6.45, 7) is 9.79. The summed E-state index contributed by atoms with van der Waals surface area (Å²) in [5, 5.41) is 40.2. The lowest BCUT2D eigenvalue weighted by atomic mass is 9.44. The number of hydrogen-bond donors (Lipinski definition) is 4. The molecule has 71 heavy (non-hydrogen) atoms. The van der Waals surface area contributed by atoms with E-state index in [1.807, 2.05) is 14.1 Å². The minimum absolute atomic E-state index is 0.00289. The number of aliphatic hydroxyl groups excluding tert-OH is 2. The zero-order valence-electron chi connectivity index (χ0n) is 41.2. The number of nitrogens with zero attached hydrogens (tertiary/aromatic N) is 2. The molecule has 4 N–H and O–H groups in total. The van der Waals surface area contributed by atoms with E-state index in [0.29, 0.717) is 5.56 Å². The number of fused-ring (bicyclic) bond motifs is 5. The Morgan fingerprint density at radius 2 is 1.37 bits per heavy atom. The number of hydrogen-bond acceptors (Lipinski definition) is 15. The van der Waals surface area contributed by atoms with Gasteiger partial charge in [0, 0.05) is 64.9 Å². The van der Waals surface area contributed by atoms with E-state index >= 15 is 4.79 Å². The minimum atomic E-state index is -2.39. The summed E-state index contributed by atoms with van der Waals surface area (Å²) in [6.07, 6.45) is -9.42. The fourth-order valence-corrected chi connectivity index (χ4v) is 11.2. The monoisotopic (exact) mass is 981 g/mol. The lowest BCUT2D eigenvalue weighted by Gasteiger charge is -2.67. The third-order valence-corrected chi connectivity index (χ3v) is 15.1. The van der Waals surface area contributed by atoms with E-state index in [9.17, 15) is 44.1 Å². The molecule has 18 heteroatoms. The van der Waals surface area contributed by atoms with Crippen LogP contribution in [0.3, 0.4) is 0 Å². The molecule has 2 saturated carbocycles. The summed E-state index contributed by atoms with van der Waals surface area (Å²) >= 11 is 0. The fourth-order valence-electron chi connectivity index (χ4n) is 11.2. The highest BCUT2D eigenvalue weighted by molar-refractivity contribution is 5.96. The van der Waals surface area contributed by atoms with Crippen LogP contribution in [0.25, 0.3) is 0 Å². The van der Waals surface area contributed by atoms with Crippen molar-refractivity contribution in [3.05, 3.63) is 119 Å². The van der Waals surface area contributed by atoms with Crippen LogP contribution in [0.5, 0.6) is 0 Å². The van der Waals surface area contributed by atoms with Crippen LogP contribution in [0.15, 0.2) is 102 Å². The predicted molar refractivity (Wildman–Crippen MR) is 253 cm³/mol. The number of nitrogens with one attached hydrogen (secondary N) is 1. The van der Waals surface area contributed by atoms with E-state index in [2.05, 4.69) is 5.32 Å². The molecule has 0 aromatic heterocycles. The van der Waals surface area contributed by atoms with E-state index in [1.165, 1.54) is 26.0 Å². The topological polar surface area (TPSA) is 245 Å². The summed E-state index contributed by atoms with van der Waals surface area (Å²) in [5.74, 6) is -6.84. The average Bonchev–Trinajstić information content (AvgIpc) is 3.33. The molecule has 8 rings (SSSR count). The van der Waals surface area contributed by atoms with E-state index < -0.39 is 113 Å². The Morgan fingerprint density at radius 1 is 0.803 bits per heavy atom. The molecule has 3 aliphatic carbocycles. The molecule has 380 valence electrons. The maximum absolute atomic E-state index is 15.5. The number of esters is 4. The number of rotatable bonds is 10. The summed E-state index contributed by atoms with van der Waals surface area (Å²) in [4.78, 5) is 97.9. The second-order valence-corrected chi connectivity index (χ2v) is 19.8. The second-order valence-electron chi connectivity index (χ2n) is 19.8. The lowest BCUT2D eigenvalue weighted by Crippen LogP contribution is -2.82. The van der Waals surface area contributed by atoms with Crippen LogP contribution in [-0.4, -0.2) is 148 Å². The van der Waals surface area contributed by atoms with Crippen LogP contribution < -0.4 is 5.32 Å². The van der Waals surface area contributed by atoms with Gasteiger partial charge in [-0.1, -0.05) is 80.6 Å². The van der Waals surface area contributed by atoms with E-state index in [0.717, 1.165) is 33.4 Å². The number of carbonyl (C=O) groups is 7. The third-order valence-electron chi connectivity index (χ3n) is 15.1. The van der Waals surface area contributed by atoms with Gasteiger partial charge in [0.15, 0.2) is 23.6 Å². The van der Waals surface area contributed by atoms with Crippen molar-refractivity contribution in [3.8, 4) is 0 Å². The Morgan fingerprint density at radius 3 is 1.89 bits per heavy atom. The molecule has 2 heterocycles. The van der Waals surface area contributed by atoms with Gasteiger partial charge in [-0.15, -0.1) is 0 Å². The number of ketones is 1. The summed E-state index contributed by atoms with van der Waals surface area (Å²) < 4.78 is 30.3. The molecule has 0 spiro atoms. The molecule has 3 amide bonds. The van der Waals surface area contributed by atoms with Crippen molar-refractivity contribution >= 4 is 41.6 Å². The number of urea groups is 1. The van der Waals surface area contributed by atoms with Crippen molar-refractivity contribution in [2.24, 2.45) is 16.7 Å². The number of carbonyl (C=O) groups excluding carboxylic acids is 7. The van der Waals surface area contributed by atoms with Gasteiger partial charge in [0.25, 0.3) is 5.91 Å². The van der Waals surface area contributed by atoms with Gasteiger partial charge in [-0.25, -0.2) is 14.4 Å². The number of benzene rings is 3. The van der Waals surface area contributed by atoms with Crippen LogP contribution in [0.1, 0.15) is 93.1 Å². The maximum Gasteiger partial charge on any atom is 0.338 e. The first kappa shape index (κ1) is 52.4. The first-order valence-corrected chi connectivity index (χ1v) is 23.7. The van der Waals surface area contributed by atoms with Gasteiger partial charge < -0.3 is 54.1 Å². The third kappa shape index (κ3) is 9.57. The Kier molecular flexibility index (Phi) is 15.0. The maximum atomic E-state index is 15.5. The number of ether oxygens (including phenoxy) is 5. The molecule has 1 unspecified atom stereocenters. The molecule has 11 atom stereocenters. The van der Waals surface area contributed by atoms with Crippen molar-refractivity contribution in [2.45, 2.75) is 115 Å². The summed E-state index contributed by atoms with van der Waals surface area (Å²) in [7, 11) is 3.66. The highest BCUT2D eigenvalue weighted by Crippen LogP contribution is 2.64. The van der Waals surface area contributed by atoms with Crippen molar-refractivity contribution in [1.82, 2.24) is 15.1 Å². The highest BCUT2D eigenvalue weighted by atomic mass is 16.6. The molecule has 2 aliphatic heterocycles. The Labute approximate surface area is 412 Å². The minimum Gasteiger partial charge on any atom is -0.456 e. The van der Waals surface area contributed by atoms with Crippen LogP contribution in [0.4, 0.5) is 4.79 Å². The van der Waals surface area contributed by atoms with Crippen LogP contribution in [-0.2, 0) is 42.9 Å². The Bertz CT molecular complexity index is 2540.